The fourth-order valence-corrected chi connectivity index (χ4v) is 2.16. The Morgan fingerprint density at radius 1 is 1.67 bits per heavy atom. The van der Waals surface area contributed by atoms with Crippen LogP contribution in [0.4, 0.5) is 5.13 Å². The van der Waals surface area contributed by atoms with Crippen molar-refractivity contribution in [2.75, 3.05) is 32.7 Å². The molecule has 0 bridgehead atoms. The van der Waals surface area contributed by atoms with Crippen LogP contribution in [0, 0.1) is 0 Å². The molecular weight excluding hydrogens is 210 g/mol. The van der Waals surface area contributed by atoms with Crippen molar-refractivity contribution in [3.63, 3.8) is 0 Å². The smallest absolute Gasteiger partial charge is 0.185 e. The lowest BCUT2D eigenvalue weighted by molar-refractivity contribution is 0.183. The maximum absolute atomic E-state index is 5.12. The van der Waals surface area contributed by atoms with Gasteiger partial charge >= 0.3 is 0 Å². The van der Waals surface area contributed by atoms with Crippen molar-refractivity contribution >= 4 is 16.5 Å². The van der Waals surface area contributed by atoms with Gasteiger partial charge in [0.1, 0.15) is 0 Å². The Kier molecular flexibility index (Phi) is 5.01. The summed E-state index contributed by atoms with van der Waals surface area (Å²) in [4.78, 5) is 6.68. The lowest BCUT2D eigenvalue weighted by atomic mass is 10.3. The van der Waals surface area contributed by atoms with Gasteiger partial charge in [0, 0.05) is 26.1 Å². The van der Waals surface area contributed by atoms with Crippen molar-refractivity contribution in [3.05, 3.63) is 11.1 Å². The molecule has 0 fully saturated rings. The van der Waals surface area contributed by atoms with Gasteiger partial charge in [-0.15, -0.1) is 11.3 Å². The predicted octanol–water partition coefficient (Wildman–Crippen LogP) is 1.33. The van der Waals surface area contributed by atoms with Crippen LogP contribution >= 0.6 is 11.3 Å². The van der Waals surface area contributed by atoms with E-state index in [1.54, 1.807) is 18.4 Å². The Balaban J connectivity index is 2.60. The molecule has 0 aliphatic carbocycles. The van der Waals surface area contributed by atoms with Crippen LogP contribution in [-0.4, -0.2) is 38.8 Å². The summed E-state index contributed by atoms with van der Waals surface area (Å²) in [6, 6.07) is 0.351. The number of hydrogen-bond acceptors (Lipinski definition) is 5. The van der Waals surface area contributed by atoms with Crippen LogP contribution in [-0.2, 0) is 11.3 Å². The van der Waals surface area contributed by atoms with Crippen LogP contribution in [0.3, 0.4) is 0 Å². The molecular formula is C10H19N3OS. The van der Waals surface area contributed by atoms with Crippen LogP contribution in [0.5, 0.6) is 0 Å². The van der Waals surface area contributed by atoms with Gasteiger partial charge in [0.25, 0.3) is 0 Å². The van der Waals surface area contributed by atoms with E-state index in [0.717, 1.165) is 24.0 Å². The van der Waals surface area contributed by atoms with E-state index >= 15 is 0 Å². The molecule has 5 heteroatoms. The standard InChI is InChI=1S/C10H19N3OS/c1-8(6-14-4)13(3)10-12-9(5-11-2)7-15-10/h7-8,11H,5-6H2,1-4H3. The molecule has 0 saturated carbocycles. The summed E-state index contributed by atoms with van der Waals surface area (Å²) in [7, 11) is 5.70. The summed E-state index contributed by atoms with van der Waals surface area (Å²) >= 11 is 1.67. The Bertz CT molecular complexity index is 290. The first-order chi connectivity index (χ1) is 7.19. The topological polar surface area (TPSA) is 37.4 Å². The quantitative estimate of drug-likeness (QED) is 0.798. The van der Waals surface area contributed by atoms with Crippen molar-refractivity contribution in [2.45, 2.75) is 19.5 Å². The summed E-state index contributed by atoms with van der Waals surface area (Å²) < 4.78 is 5.12. The van der Waals surface area contributed by atoms with Crippen LogP contribution in [0.15, 0.2) is 5.38 Å². The lowest BCUT2D eigenvalue weighted by Gasteiger charge is -2.23. The number of rotatable bonds is 6. The molecule has 1 N–H and O–H groups in total. The molecule has 0 aliphatic rings. The number of nitrogens with zero attached hydrogens (tertiary/aromatic N) is 2. The monoisotopic (exact) mass is 229 g/mol. The third kappa shape index (κ3) is 3.44. The van der Waals surface area contributed by atoms with Gasteiger partial charge in [-0.2, -0.15) is 0 Å². The van der Waals surface area contributed by atoms with Gasteiger partial charge in [0.2, 0.25) is 0 Å². The average molecular weight is 229 g/mol. The molecule has 0 saturated heterocycles. The van der Waals surface area contributed by atoms with Gasteiger partial charge in [0.15, 0.2) is 5.13 Å². The first-order valence-electron chi connectivity index (χ1n) is 4.99. The number of likely N-dealkylation sites (N-methyl/N-ethyl adjacent to an activating group) is 1. The number of nitrogens with one attached hydrogen (secondary N) is 1. The zero-order valence-electron chi connectivity index (χ0n) is 9.78. The van der Waals surface area contributed by atoms with Gasteiger partial charge in [-0.25, -0.2) is 4.98 Å². The van der Waals surface area contributed by atoms with Gasteiger partial charge in [-0.05, 0) is 14.0 Å². The van der Waals surface area contributed by atoms with Crippen LogP contribution in [0.25, 0.3) is 0 Å². The lowest BCUT2D eigenvalue weighted by Crippen LogP contribution is -2.32. The number of aromatic nitrogens is 1. The highest BCUT2D eigenvalue weighted by Crippen LogP contribution is 2.20. The van der Waals surface area contributed by atoms with Gasteiger partial charge < -0.3 is 15.0 Å². The predicted molar refractivity (Wildman–Crippen MR) is 64.6 cm³/mol. The van der Waals surface area contributed by atoms with E-state index in [1.807, 2.05) is 14.1 Å². The van der Waals surface area contributed by atoms with Gasteiger partial charge in [-0.1, -0.05) is 0 Å². The van der Waals surface area contributed by atoms with Gasteiger partial charge in [0.05, 0.1) is 18.3 Å². The van der Waals surface area contributed by atoms with Crippen molar-refractivity contribution in [1.29, 1.82) is 0 Å². The normalized spacial score (nSPS) is 12.8. The zero-order valence-corrected chi connectivity index (χ0v) is 10.6. The fraction of sp³-hybridized carbons (Fsp3) is 0.700. The third-order valence-corrected chi connectivity index (χ3v) is 3.25. The van der Waals surface area contributed by atoms with Crippen molar-refractivity contribution in [1.82, 2.24) is 10.3 Å². The molecule has 15 heavy (non-hydrogen) atoms. The van der Waals surface area contributed by atoms with Crippen molar-refractivity contribution in [3.8, 4) is 0 Å². The largest absolute Gasteiger partial charge is 0.383 e. The number of hydrogen-bond donors (Lipinski definition) is 1. The first kappa shape index (κ1) is 12.4. The minimum atomic E-state index is 0.351. The maximum Gasteiger partial charge on any atom is 0.185 e. The fourth-order valence-electron chi connectivity index (χ4n) is 1.26. The highest BCUT2D eigenvalue weighted by atomic mass is 32.1. The molecule has 1 rings (SSSR count). The number of anilines is 1. The Morgan fingerprint density at radius 2 is 2.40 bits per heavy atom. The SMILES string of the molecule is CNCc1csc(N(C)C(C)COC)n1. The molecule has 1 unspecified atom stereocenters. The van der Waals surface area contributed by atoms with E-state index in [9.17, 15) is 0 Å². The summed E-state index contributed by atoms with van der Waals surface area (Å²) in [5.74, 6) is 0. The van der Waals surface area contributed by atoms with Crippen LogP contribution < -0.4 is 10.2 Å². The van der Waals surface area contributed by atoms with Crippen molar-refractivity contribution < 1.29 is 4.74 Å². The zero-order chi connectivity index (χ0) is 11.3. The van der Waals surface area contributed by atoms with E-state index < -0.39 is 0 Å². The van der Waals surface area contributed by atoms with E-state index in [4.69, 9.17) is 4.74 Å². The molecule has 1 atom stereocenters. The van der Waals surface area contributed by atoms with Gasteiger partial charge in [-0.3, -0.25) is 0 Å². The highest BCUT2D eigenvalue weighted by Gasteiger charge is 2.12. The molecule has 1 heterocycles. The summed E-state index contributed by atoms with van der Waals surface area (Å²) in [6.45, 7) is 3.67. The Hall–Kier alpha value is -0.650. The first-order valence-corrected chi connectivity index (χ1v) is 5.87. The molecule has 0 spiro atoms. The van der Waals surface area contributed by atoms with E-state index in [2.05, 4.69) is 27.5 Å². The Labute approximate surface area is 95.3 Å². The highest BCUT2D eigenvalue weighted by molar-refractivity contribution is 7.13. The molecule has 86 valence electrons. The van der Waals surface area contributed by atoms with Crippen LogP contribution in [0.2, 0.25) is 0 Å². The average Bonchev–Trinajstić information content (AvgIpc) is 2.66. The molecule has 1 aromatic rings. The summed E-state index contributed by atoms with van der Waals surface area (Å²) in [5.41, 5.74) is 1.09. The minimum absolute atomic E-state index is 0.351. The summed E-state index contributed by atoms with van der Waals surface area (Å²) in [5, 5.41) is 6.22. The molecule has 1 aromatic heterocycles. The van der Waals surface area contributed by atoms with E-state index in [-0.39, 0.29) is 0 Å². The summed E-state index contributed by atoms with van der Waals surface area (Å²) in [6.07, 6.45) is 0. The molecule has 0 aromatic carbocycles. The molecule has 0 amide bonds. The number of ether oxygens (including phenoxy) is 1. The molecule has 0 aliphatic heterocycles. The second kappa shape index (κ2) is 6.05. The second-order valence-electron chi connectivity index (χ2n) is 3.57. The molecule has 4 nitrogen and oxygen atoms in total. The minimum Gasteiger partial charge on any atom is -0.383 e. The van der Waals surface area contributed by atoms with E-state index in [1.165, 1.54) is 0 Å². The maximum atomic E-state index is 5.12. The third-order valence-electron chi connectivity index (χ3n) is 2.27. The number of methoxy groups -OCH3 is 1. The van der Waals surface area contributed by atoms with Crippen molar-refractivity contribution in [2.24, 2.45) is 0 Å². The van der Waals surface area contributed by atoms with E-state index in [0.29, 0.717) is 6.04 Å². The Morgan fingerprint density at radius 3 is 3.00 bits per heavy atom. The second-order valence-corrected chi connectivity index (χ2v) is 4.40. The number of thiazole rings is 1. The van der Waals surface area contributed by atoms with Crippen LogP contribution in [0.1, 0.15) is 12.6 Å². The molecule has 0 radical (unpaired) electrons.